The smallest absolute Gasteiger partial charge is 0.273 e. The second-order valence-corrected chi connectivity index (χ2v) is 5.95. The Hall–Kier alpha value is -1.86. The lowest BCUT2D eigenvalue weighted by Gasteiger charge is -2.34. The Kier molecular flexibility index (Phi) is 3.94. The SMILES string of the molecule is CC1CN(C(=O)c2csc(-c3cnccn3)n2)CC(C)O1. The zero-order valence-electron chi connectivity index (χ0n) is 11.9. The van der Waals surface area contributed by atoms with Gasteiger partial charge in [0.15, 0.2) is 0 Å². The predicted octanol–water partition coefficient (Wildman–Crippen LogP) is 1.85. The van der Waals surface area contributed by atoms with Gasteiger partial charge in [0.2, 0.25) is 0 Å². The van der Waals surface area contributed by atoms with Crippen molar-refractivity contribution in [2.24, 2.45) is 0 Å². The number of amides is 1. The average molecular weight is 304 g/mol. The molecule has 7 heteroatoms. The number of nitrogens with zero attached hydrogens (tertiary/aromatic N) is 4. The number of morpholine rings is 1. The van der Waals surface area contributed by atoms with Crippen LogP contribution in [0.25, 0.3) is 10.7 Å². The maximum absolute atomic E-state index is 12.5. The van der Waals surface area contributed by atoms with Crippen molar-refractivity contribution in [2.45, 2.75) is 26.1 Å². The number of ether oxygens (including phenoxy) is 1. The molecule has 21 heavy (non-hydrogen) atoms. The molecular formula is C14H16N4O2S. The van der Waals surface area contributed by atoms with E-state index in [0.717, 1.165) is 0 Å². The zero-order chi connectivity index (χ0) is 14.8. The number of carbonyl (C=O) groups is 1. The lowest BCUT2D eigenvalue weighted by atomic mass is 10.2. The fourth-order valence-electron chi connectivity index (χ4n) is 2.40. The molecule has 2 aromatic rings. The van der Waals surface area contributed by atoms with Crippen LogP contribution in [0.4, 0.5) is 0 Å². The van der Waals surface area contributed by atoms with Gasteiger partial charge in [0.25, 0.3) is 5.91 Å². The molecule has 1 aliphatic heterocycles. The van der Waals surface area contributed by atoms with E-state index >= 15 is 0 Å². The Labute approximate surface area is 126 Å². The summed E-state index contributed by atoms with van der Waals surface area (Å²) in [6.07, 6.45) is 4.97. The highest BCUT2D eigenvalue weighted by Gasteiger charge is 2.28. The summed E-state index contributed by atoms with van der Waals surface area (Å²) in [4.78, 5) is 26.9. The Morgan fingerprint density at radius 2 is 2.10 bits per heavy atom. The van der Waals surface area contributed by atoms with E-state index in [0.29, 0.717) is 29.5 Å². The molecule has 0 radical (unpaired) electrons. The van der Waals surface area contributed by atoms with Crippen molar-refractivity contribution in [3.63, 3.8) is 0 Å². The number of thiazole rings is 1. The van der Waals surface area contributed by atoms with Crippen molar-refractivity contribution >= 4 is 17.2 Å². The van der Waals surface area contributed by atoms with Crippen LogP contribution in [0.5, 0.6) is 0 Å². The number of rotatable bonds is 2. The molecule has 1 amide bonds. The fraction of sp³-hybridized carbons (Fsp3) is 0.429. The summed E-state index contributed by atoms with van der Waals surface area (Å²) in [6, 6.07) is 0. The standard InChI is InChI=1S/C14H16N4O2S/c1-9-6-18(7-10(2)20-9)14(19)12-8-21-13(17-12)11-5-15-3-4-16-11/h3-5,8-10H,6-7H2,1-2H3. The van der Waals surface area contributed by atoms with Gasteiger partial charge in [-0.2, -0.15) is 0 Å². The minimum absolute atomic E-state index is 0.0517. The molecule has 0 spiro atoms. The molecule has 0 bridgehead atoms. The van der Waals surface area contributed by atoms with Gasteiger partial charge in [0.05, 0.1) is 18.4 Å². The minimum atomic E-state index is -0.0524. The van der Waals surface area contributed by atoms with E-state index in [1.165, 1.54) is 11.3 Å². The van der Waals surface area contributed by atoms with Gasteiger partial charge in [0.1, 0.15) is 16.4 Å². The number of carbonyl (C=O) groups excluding carboxylic acids is 1. The first kappa shape index (κ1) is 14.1. The van der Waals surface area contributed by atoms with Gasteiger partial charge in [-0.25, -0.2) is 4.98 Å². The lowest BCUT2D eigenvalue weighted by molar-refractivity contribution is -0.0587. The van der Waals surface area contributed by atoms with Gasteiger partial charge in [-0.3, -0.25) is 14.8 Å². The van der Waals surface area contributed by atoms with Crippen LogP contribution in [0.2, 0.25) is 0 Å². The third kappa shape index (κ3) is 3.08. The Balaban J connectivity index is 1.78. The van der Waals surface area contributed by atoms with Crippen LogP contribution < -0.4 is 0 Å². The molecule has 2 atom stereocenters. The molecule has 1 fully saturated rings. The van der Waals surface area contributed by atoms with E-state index in [9.17, 15) is 4.79 Å². The first-order valence-corrected chi connectivity index (χ1v) is 7.68. The maximum Gasteiger partial charge on any atom is 0.273 e. The number of hydrogen-bond donors (Lipinski definition) is 0. The first-order valence-electron chi connectivity index (χ1n) is 6.80. The van der Waals surface area contributed by atoms with E-state index in [-0.39, 0.29) is 18.1 Å². The number of hydrogen-bond acceptors (Lipinski definition) is 6. The second-order valence-electron chi connectivity index (χ2n) is 5.10. The molecule has 0 N–H and O–H groups in total. The van der Waals surface area contributed by atoms with E-state index in [1.54, 1.807) is 28.9 Å². The van der Waals surface area contributed by atoms with Crippen LogP contribution in [0, 0.1) is 0 Å². The summed E-state index contributed by atoms with van der Waals surface area (Å²) in [6.45, 7) is 5.15. The molecule has 110 valence electrons. The highest BCUT2D eigenvalue weighted by atomic mass is 32.1. The van der Waals surface area contributed by atoms with Gasteiger partial charge in [-0.1, -0.05) is 0 Å². The van der Waals surface area contributed by atoms with E-state index in [1.807, 2.05) is 13.8 Å². The number of aromatic nitrogens is 3. The second kappa shape index (κ2) is 5.87. The summed E-state index contributed by atoms with van der Waals surface area (Å²) in [7, 11) is 0. The van der Waals surface area contributed by atoms with Gasteiger partial charge in [-0.05, 0) is 13.8 Å². The summed E-state index contributed by atoms with van der Waals surface area (Å²) >= 11 is 1.40. The van der Waals surface area contributed by atoms with Crippen LogP contribution in [0.15, 0.2) is 24.0 Å². The van der Waals surface area contributed by atoms with Crippen molar-refractivity contribution in [3.8, 4) is 10.7 Å². The molecule has 1 saturated heterocycles. The Bertz CT molecular complexity index is 621. The van der Waals surface area contributed by atoms with E-state index in [4.69, 9.17) is 4.74 Å². The predicted molar refractivity (Wildman–Crippen MR) is 79.1 cm³/mol. The van der Waals surface area contributed by atoms with Crippen LogP contribution in [0.3, 0.4) is 0 Å². The molecule has 2 aromatic heterocycles. The van der Waals surface area contributed by atoms with Gasteiger partial charge >= 0.3 is 0 Å². The molecular weight excluding hydrogens is 288 g/mol. The van der Waals surface area contributed by atoms with Crippen molar-refractivity contribution in [1.82, 2.24) is 19.9 Å². The Morgan fingerprint density at radius 1 is 1.33 bits per heavy atom. The molecule has 2 unspecified atom stereocenters. The quantitative estimate of drug-likeness (QED) is 0.847. The molecule has 0 saturated carbocycles. The Morgan fingerprint density at radius 3 is 2.76 bits per heavy atom. The van der Waals surface area contributed by atoms with Crippen LogP contribution in [0.1, 0.15) is 24.3 Å². The summed E-state index contributed by atoms with van der Waals surface area (Å²) < 4.78 is 5.65. The highest BCUT2D eigenvalue weighted by Crippen LogP contribution is 2.22. The molecule has 1 aliphatic rings. The summed E-state index contributed by atoms with van der Waals surface area (Å²) in [5.41, 5.74) is 1.15. The van der Waals surface area contributed by atoms with E-state index in [2.05, 4.69) is 15.0 Å². The molecule has 0 aliphatic carbocycles. The van der Waals surface area contributed by atoms with Crippen LogP contribution in [-0.4, -0.2) is 51.1 Å². The normalized spacial score (nSPS) is 22.3. The van der Waals surface area contributed by atoms with E-state index < -0.39 is 0 Å². The third-order valence-corrected chi connectivity index (χ3v) is 4.08. The van der Waals surface area contributed by atoms with Crippen molar-refractivity contribution < 1.29 is 9.53 Å². The van der Waals surface area contributed by atoms with Gasteiger partial charge in [0, 0.05) is 30.9 Å². The first-order chi connectivity index (χ1) is 10.1. The summed E-state index contributed by atoms with van der Waals surface area (Å²) in [5.74, 6) is -0.0524. The molecule has 3 rings (SSSR count). The van der Waals surface area contributed by atoms with Crippen molar-refractivity contribution in [3.05, 3.63) is 29.7 Å². The van der Waals surface area contributed by atoms with Crippen LogP contribution in [-0.2, 0) is 4.74 Å². The van der Waals surface area contributed by atoms with Gasteiger partial charge < -0.3 is 9.64 Å². The van der Waals surface area contributed by atoms with Crippen molar-refractivity contribution in [1.29, 1.82) is 0 Å². The average Bonchev–Trinajstić information content (AvgIpc) is 2.96. The monoisotopic (exact) mass is 304 g/mol. The lowest BCUT2D eigenvalue weighted by Crippen LogP contribution is -2.48. The molecule has 3 heterocycles. The molecule has 6 nitrogen and oxygen atoms in total. The largest absolute Gasteiger partial charge is 0.372 e. The minimum Gasteiger partial charge on any atom is -0.372 e. The maximum atomic E-state index is 12.5. The molecule has 0 aromatic carbocycles. The topological polar surface area (TPSA) is 68.2 Å². The third-order valence-electron chi connectivity index (χ3n) is 3.21. The zero-order valence-corrected chi connectivity index (χ0v) is 12.7. The fourth-order valence-corrected chi connectivity index (χ4v) is 3.16. The van der Waals surface area contributed by atoms with Crippen LogP contribution >= 0.6 is 11.3 Å². The van der Waals surface area contributed by atoms with Gasteiger partial charge in [-0.15, -0.1) is 11.3 Å². The van der Waals surface area contributed by atoms with Crippen molar-refractivity contribution in [2.75, 3.05) is 13.1 Å². The summed E-state index contributed by atoms with van der Waals surface area (Å²) in [5, 5.41) is 2.48. The highest BCUT2D eigenvalue weighted by molar-refractivity contribution is 7.13.